The largest absolute Gasteiger partial charge is 0.341 e. The summed E-state index contributed by atoms with van der Waals surface area (Å²) in [6, 6.07) is 0.622. The lowest BCUT2D eigenvalue weighted by atomic mass is 10.2. The molecule has 1 amide bonds. The molecule has 1 atom stereocenters. The molecule has 0 bridgehead atoms. The van der Waals surface area contributed by atoms with Gasteiger partial charge in [-0.2, -0.15) is 0 Å². The van der Waals surface area contributed by atoms with Crippen molar-refractivity contribution in [1.82, 2.24) is 15.1 Å². The maximum Gasteiger partial charge on any atom is 0.222 e. The Bertz CT molecular complexity index is 297. The Morgan fingerprint density at radius 2 is 1.89 bits per heavy atom. The van der Waals surface area contributed by atoms with Crippen molar-refractivity contribution in [2.45, 2.75) is 38.1 Å². The van der Waals surface area contributed by atoms with E-state index in [1.165, 1.54) is 19.3 Å². The quantitative estimate of drug-likeness (QED) is 0.798. The van der Waals surface area contributed by atoms with Crippen LogP contribution in [-0.4, -0.2) is 61.0 Å². The summed E-state index contributed by atoms with van der Waals surface area (Å²) in [4.78, 5) is 16.8. The van der Waals surface area contributed by atoms with E-state index in [0.717, 1.165) is 58.0 Å². The van der Waals surface area contributed by atoms with Crippen LogP contribution in [0.2, 0.25) is 0 Å². The zero-order valence-electron chi connectivity index (χ0n) is 11.2. The molecule has 1 N–H and O–H groups in total. The molecule has 2 aliphatic heterocycles. The molecule has 0 aromatic heterocycles. The lowest BCUT2D eigenvalue weighted by molar-refractivity contribution is -0.130. The molecule has 3 fully saturated rings. The minimum absolute atomic E-state index is 0.402. The van der Waals surface area contributed by atoms with Gasteiger partial charge in [-0.25, -0.2) is 0 Å². The summed E-state index contributed by atoms with van der Waals surface area (Å²) in [5.41, 5.74) is 0. The van der Waals surface area contributed by atoms with Gasteiger partial charge in [0.1, 0.15) is 0 Å². The molecule has 1 aliphatic carbocycles. The van der Waals surface area contributed by atoms with Gasteiger partial charge in [0.05, 0.1) is 0 Å². The van der Waals surface area contributed by atoms with Crippen LogP contribution in [-0.2, 0) is 4.79 Å². The molecule has 3 aliphatic rings. The number of piperazine rings is 1. The van der Waals surface area contributed by atoms with E-state index in [1.807, 2.05) is 0 Å². The summed E-state index contributed by atoms with van der Waals surface area (Å²) in [5.74, 6) is 1.28. The van der Waals surface area contributed by atoms with Crippen LogP contribution in [0.5, 0.6) is 0 Å². The first kappa shape index (κ1) is 12.4. The molecular weight excluding hydrogens is 226 g/mol. The average Bonchev–Trinajstić information content (AvgIpc) is 3.11. The number of hydrogen-bond donors (Lipinski definition) is 1. The van der Waals surface area contributed by atoms with Crippen LogP contribution in [0.15, 0.2) is 0 Å². The first-order chi connectivity index (χ1) is 8.83. The fourth-order valence-electron chi connectivity index (χ4n) is 3.21. The molecule has 3 rings (SSSR count). The van der Waals surface area contributed by atoms with Crippen LogP contribution in [0, 0.1) is 5.92 Å². The number of carbonyl (C=O) groups is 1. The molecule has 4 nitrogen and oxygen atoms in total. The molecule has 1 saturated carbocycles. The Morgan fingerprint density at radius 1 is 1.11 bits per heavy atom. The molecule has 2 saturated heterocycles. The van der Waals surface area contributed by atoms with Crippen molar-refractivity contribution in [3.8, 4) is 0 Å². The van der Waals surface area contributed by atoms with Crippen molar-refractivity contribution in [2.24, 2.45) is 5.92 Å². The summed E-state index contributed by atoms with van der Waals surface area (Å²) in [7, 11) is 0. The summed E-state index contributed by atoms with van der Waals surface area (Å²) in [6.45, 7) is 6.46. The molecule has 18 heavy (non-hydrogen) atoms. The van der Waals surface area contributed by atoms with E-state index in [2.05, 4.69) is 15.1 Å². The number of hydrogen-bond acceptors (Lipinski definition) is 3. The zero-order valence-corrected chi connectivity index (χ0v) is 11.2. The average molecular weight is 251 g/mol. The van der Waals surface area contributed by atoms with E-state index in [4.69, 9.17) is 0 Å². The number of rotatable bonds is 4. The van der Waals surface area contributed by atoms with Gasteiger partial charge in [-0.3, -0.25) is 9.69 Å². The summed E-state index contributed by atoms with van der Waals surface area (Å²) < 4.78 is 0. The fraction of sp³-hybridized carbons (Fsp3) is 0.929. The molecule has 1 unspecified atom stereocenters. The van der Waals surface area contributed by atoms with Gasteiger partial charge >= 0.3 is 0 Å². The molecule has 2 heterocycles. The number of carbonyl (C=O) groups excluding carboxylic acids is 1. The summed E-state index contributed by atoms with van der Waals surface area (Å²) in [5, 5.41) is 3.39. The van der Waals surface area contributed by atoms with Crippen molar-refractivity contribution in [1.29, 1.82) is 0 Å². The van der Waals surface area contributed by atoms with E-state index in [0.29, 0.717) is 11.9 Å². The molecule has 102 valence electrons. The zero-order chi connectivity index (χ0) is 12.4. The van der Waals surface area contributed by atoms with Crippen LogP contribution in [0.1, 0.15) is 32.1 Å². The minimum Gasteiger partial charge on any atom is -0.341 e. The van der Waals surface area contributed by atoms with E-state index in [1.54, 1.807) is 0 Å². The molecular formula is C14H25N3O. The molecule has 0 radical (unpaired) electrons. The first-order valence-corrected chi connectivity index (χ1v) is 7.55. The third kappa shape index (κ3) is 3.04. The second-order valence-corrected chi connectivity index (χ2v) is 6.05. The molecule has 0 aromatic carbocycles. The van der Waals surface area contributed by atoms with Gasteiger partial charge in [-0.15, -0.1) is 0 Å². The maximum absolute atomic E-state index is 12.1. The number of likely N-dealkylation sites (tertiary alicyclic amines) is 1. The highest BCUT2D eigenvalue weighted by Crippen LogP contribution is 2.33. The second-order valence-electron chi connectivity index (χ2n) is 6.05. The van der Waals surface area contributed by atoms with E-state index >= 15 is 0 Å². The van der Waals surface area contributed by atoms with E-state index in [-0.39, 0.29) is 0 Å². The van der Waals surface area contributed by atoms with Crippen molar-refractivity contribution < 1.29 is 4.79 Å². The van der Waals surface area contributed by atoms with Crippen molar-refractivity contribution in [2.75, 3.05) is 39.3 Å². The van der Waals surface area contributed by atoms with Crippen molar-refractivity contribution in [3.63, 3.8) is 0 Å². The van der Waals surface area contributed by atoms with Crippen LogP contribution >= 0.6 is 0 Å². The van der Waals surface area contributed by atoms with Crippen molar-refractivity contribution in [3.05, 3.63) is 0 Å². The Labute approximate surface area is 110 Å². The molecule has 0 aromatic rings. The van der Waals surface area contributed by atoms with Gasteiger partial charge in [0, 0.05) is 51.7 Å². The lowest BCUT2D eigenvalue weighted by Gasteiger charge is -2.32. The first-order valence-electron chi connectivity index (χ1n) is 7.55. The molecule has 4 heteroatoms. The third-order valence-corrected chi connectivity index (χ3v) is 4.65. The number of amides is 1. The smallest absolute Gasteiger partial charge is 0.222 e. The van der Waals surface area contributed by atoms with Crippen LogP contribution < -0.4 is 5.32 Å². The number of nitrogens with zero attached hydrogens (tertiary/aromatic N) is 2. The van der Waals surface area contributed by atoms with Gasteiger partial charge in [0.15, 0.2) is 0 Å². The highest BCUT2D eigenvalue weighted by molar-refractivity contribution is 5.76. The Balaban J connectivity index is 1.43. The summed E-state index contributed by atoms with van der Waals surface area (Å²) in [6.07, 6.45) is 5.81. The lowest BCUT2D eigenvalue weighted by Crippen LogP contribution is -2.49. The maximum atomic E-state index is 12.1. The van der Waals surface area contributed by atoms with Crippen molar-refractivity contribution >= 4 is 5.91 Å². The topological polar surface area (TPSA) is 35.6 Å². The standard InChI is InChI=1S/C14H25N3O/c18-14(4-3-12-1-2-12)17-8-5-13(11-17)16-9-6-15-7-10-16/h12-13,15H,1-11H2. The Hall–Kier alpha value is -0.610. The van der Waals surface area contributed by atoms with Gasteiger partial charge < -0.3 is 10.2 Å². The highest BCUT2D eigenvalue weighted by Gasteiger charge is 2.31. The van der Waals surface area contributed by atoms with Gasteiger partial charge in [0.2, 0.25) is 5.91 Å². The summed E-state index contributed by atoms with van der Waals surface area (Å²) >= 11 is 0. The SMILES string of the molecule is O=C(CCC1CC1)N1CCC(N2CCNCC2)C1. The highest BCUT2D eigenvalue weighted by atomic mass is 16.2. The predicted molar refractivity (Wildman–Crippen MR) is 71.4 cm³/mol. The predicted octanol–water partition coefficient (Wildman–Crippen LogP) is 0.683. The molecule has 0 spiro atoms. The van der Waals surface area contributed by atoms with Gasteiger partial charge in [-0.1, -0.05) is 12.8 Å². The van der Waals surface area contributed by atoms with Gasteiger partial charge in [-0.05, 0) is 18.8 Å². The van der Waals surface area contributed by atoms with Crippen LogP contribution in [0.25, 0.3) is 0 Å². The normalized spacial score (nSPS) is 29.8. The van der Waals surface area contributed by atoms with Gasteiger partial charge in [0.25, 0.3) is 0 Å². The minimum atomic E-state index is 0.402. The van der Waals surface area contributed by atoms with E-state index < -0.39 is 0 Å². The van der Waals surface area contributed by atoms with Crippen LogP contribution in [0.4, 0.5) is 0 Å². The number of nitrogens with one attached hydrogen (secondary N) is 1. The Kier molecular flexibility index (Phi) is 3.85. The third-order valence-electron chi connectivity index (χ3n) is 4.65. The Morgan fingerprint density at radius 3 is 2.61 bits per heavy atom. The monoisotopic (exact) mass is 251 g/mol. The van der Waals surface area contributed by atoms with Crippen LogP contribution in [0.3, 0.4) is 0 Å². The second kappa shape index (κ2) is 5.57. The fourth-order valence-corrected chi connectivity index (χ4v) is 3.21. The van der Waals surface area contributed by atoms with E-state index in [9.17, 15) is 4.79 Å².